The summed E-state index contributed by atoms with van der Waals surface area (Å²) in [6.07, 6.45) is 2.08. The molecule has 22 heavy (non-hydrogen) atoms. The van der Waals surface area contributed by atoms with Crippen molar-refractivity contribution in [2.75, 3.05) is 13.1 Å². The molecule has 2 aromatic rings. The van der Waals surface area contributed by atoms with Gasteiger partial charge in [0.1, 0.15) is 11.6 Å². The van der Waals surface area contributed by atoms with Crippen molar-refractivity contribution in [3.8, 4) is 5.19 Å². The zero-order chi connectivity index (χ0) is 15.4. The molecule has 2 heterocycles. The molecule has 1 aromatic carbocycles. The largest absolute Gasteiger partial charge is 0.465 e. The smallest absolute Gasteiger partial charge is 0.294 e. The summed E-state index contributed by atoms with van der Waals surface area (Å²) in [7, 11) is 0. The van der Waals surface area contributed by atoms with Crippen LogP contribution >= 0.6 is 22.9 Å². The number of amides is 1. The quantitative estimate of drug-likeness (QED) is 0.860. The fourth-order valence-corrected chi connectivity index (χ4v) is 3.17. The Labute approximate surface area is 137 Å². The number of likely N-dealkylation sites (tertiary alicyclic amines) is 1. The Balaban J connectivity index is 1.50. The van der Waals surface area contributed by atoms with Crippen LogP contribution in [0.25, 0.3) is 0 Å². The molecule has 0 spiro atoms. The molecule has 1 aliphatic heterocycles. The van der Waals surface area contributed by atoms with Crippen molar-refractivity contribution in [3.63, 3.8) is 0 Å². The lowest BCUT2D eigenvalue weighted by Crippen LogP contribution is -2.42. The lowest BCUT2D eigenvalue weighted by Gasteiger charge is -2.31. The highest BCUT2D eigenvalue weighted by Crippen LogP contribution is 2.21. The van der Waals surface area contributed by atoms with Gasteiger partial charge in [-0.1, -0.05) is 41.1 Å². The van der Waals surface area contributed by atoms with Gasteiger partial charge >= 0.3 is 0 Å². The summed E-state index contributed by atoms with van der Waals surface area (Å²) in [5, 5.41) is 8.88. The zero-order valence-electron chi connectivity index (χ0n) is 11.9. The van der Waals surface area contributed by atoms with Crippen LogP contribution in [0.2, 0.25) is 5.02 Å². The topological polar surface area (TPSA) is 55.3 Å². The fraction of sp³-hybridized carbons (Fsp3) is 0.400. The molecule has 7 heteroatoms. The minimum atomic E-state index is 0.109. The molecule has 1 aliphatic rings. The summed E-state index contributed by atoms with van der Waals surface area (Å²) < 4.78 is 5.75. The van der Waals surface area contributed by atoms with E-state index >= 15 is 0 Å². The molecule has 0 radical (unpaired) electrons. The number of nitrogens with zero attached hydrogens (tertiary/aromatic N) is 3. The molecule has 3 rings (SSSR count). The number of carbonyl (C=O) groups excluding carboxylic acids is 1. The van der Waals surface area contributed by atoms with E-state index in [0.29, 0.717) is 29.7 Å². The van der Waals surface area contributed by atoms with Crippen LogP contribution in [0, 0.1) is 0 Å². The maximum absolute atomic E-state index is 12.3. The molecule has 0 bridgehead atoms. The Morgan fingerprint density at radius 2 is 2.14 bits per heavy atom. The molecule has 1 amide bonds. The highest BCUT2D eigenvalue weighted by atomic mass is 35.5. The molecule has 0 saturated carbocycles. The molecular weight excluding hydrogens is 322 g/mol. The number of carbonyl (C=O) groups is 1. The number of ether oxygens (including phenoxy) is 1. The van der Waals surface area contributed by atoms with E-state index in [0.717, 1.165) is 18.4 Å². The van der Waals surface area contributed by atoms with Gasteiger partial charge in [-0.15, -0.1) is 10.2 Å². The number of aromatic nitrogens is 2. The molecule has 0 aliphatic carbocycles. The second-order valence-corrected chi connectivity index (χ2v) is 6.37. The van der Waals surface area contributed by atoms with Crippen LogP contribution in [0.1, 0.15) is 18.4 Å². The maximum atomic E-state index is 12.3. The summed E-state index contributed by atoms with van der Waals surface area (Å²) in [5.41, 5.74) is 2.53. The second-order valence-electron chi connectivity index (χ2n) is 5.17. The minimum absolute atomic E-state index is 0.109. The van der Waals surface area contributed by atoms with Crippen LogP contribution in [-0.4, -0.2) is 40.2 Å². The highest BCUT2D eigenvalue weighted by Gasteiger charge is 2.24. The second kappa shape index (κ2) is 7.07. The number of halogens is 1. The molecule has 0 unspecified atom stereocenters. The molecule has 1 saturated heterocycles. The maximum Gasteiger partial charge on any atom is 0.294 e. The molecule has 5 nitrogen and oxygen atoms in total. The molecule has 0 N–H and O–H groups in total. The lowest BCUT2D eigenvalue weighted by molar-refractivity contribution is -0.132. The third-order valence-electron chi connectivity index (χ3n) is 3.70. The Morgan fingerprint density at radius 1 is 1.36 bits per heavy atom. The van der Waals surface area contributed by atoms with Gasteiger partial charge < -0.3 is 9.64 Å². The van der Waals surface area contributed by atoms with E-state index in [1.54, 1.807) is 5.51 Å². The van der Waals surface area contributed by atoms with Gasteiger partial charge in [0.05, 0.1) is 6.42 Å². The van der Waals surface area contributed by atoms with Crippen LogP contribution in [-0.2, 0) is 11.2 Å². The van der Waals surface area contributed by atoms with Gasteiger partial charge in [-0.05, 0) is 11.6 Å². The zero-order valence-corrected chi connectivity index (χ0v) is 13.5. The van der Waals surface area contributed by atoms with Crippen molar-refractivity contribution in [1.29, 1.82) is 0 Å². The van der Waals surface area contributed by atoms with Gasteiger partial charge in [0, 0.05) is 31.0 Å². The minimum Gasteiger partial charge on any atom is -0.465 e. The van der Waals surface area contributed by atoms with Gasteiger partial charge in [0.15, 0.2) is 0 Å². The van der Waals surface area contributed by atoms with E-state index in [-0.39, 0.29) is 12.0 Å². The SMILES string of the molecule is O=C(Cc1ccccc1Cl)N1CCC(Oc2nncs2)CC1. The van der Waals surface area contributed by atoms with Crippen molar-refractivity contribution in [2.24, 2.45) is 0 Å². The predicted octanol–water partition coefficient (Wildman–Crippen LogP) is 2.80. The molecular formula is C15H16ClN3O2S. The summed E-state index contributed by atoms with van der Waals surface area (Å²) in [6.45, 7) is 1.40. The van der Waals surface area contributed by atoms with Gasteiger partial charge in [-0.25, -0.2) is 0 Å². The highest BCUT2D eigenvalue weighted by molar-refractivity contribution is 7.11. The van der Waals surface area contributed by atoms with E-state index in [1.807, 2.05) is 29.2 Å². The molecule has 0 atom stereocenters. The Kier molecular flexibility index (Phi) is 4.90. The van der Waals surface area contributed by atoms with E-state index < -0.39 is 0 Å². The van der Waals surface area contributed by atoms with Crippen LogP contribution in [0.5, 0.6) is 5.19 Å². The summed E-state index contributed by atoms with van der Waals surface area (Å²) in [6, 6.07) is 7.47. The van der Waals surface area contributed by atoms with Crippen molar-refractivity contribution in [2.45, 2.75) is 25.4 Å². The number of rotatable bonds is 4. The van der Waals surface area contributed by atoms with E-state index in [9.17, 15) is 4.79 Å². The van der Waals surface area contributed by atoms with Crippen molar-refractivity contribution >= 4 is 28.8 Å². The number of benzene rings is 1. The van der Waals surface area contributed by atoms with Crippen LogP contribution in [0.4, 0.5) is 0 Å². The van der Waals surface area contributed by atoms with Crippen molar-refractivity contribution < 1.29 is 9.53 Å². The summed E-state index contributed by atoms with van der Waals surface area (Å²) >= 11 is 7.49. The van der Waals surface area contributed by atoms with E-state index in [2.05, 4.69) is 10.2 Å². The number of hydrogen-bond acceptors (Lipinski definition) is 5. The van der Waals surface area contributed by atoms with Crippen LogP contribution in [0.15, 0.2) is 29.8 Å². The molecule has 1 aromatic heterocycles. The third kappa shape index (κ3) is 3.75. The predicted molar refractivity (Wildman–Crippen MR) is 85.3 cm³/mol. The van der Waals surface area contributed by atoms with E-state index in [1.165, 1.54) is 11.3 Å². The van der Waals surface area contributed by atoms with Gasteiger partial charge in [0.2, 0.25) is 5.91 Å². The summed E-state index contributed by atoms with van der Waals surface area (Å²) in [5.74, 6) is 0.113. The Hall–Kier alpha value is -1.66. The first-order valence-corrected chi connectivity index (χ1v) is 8.42. The third-order valence-corrected chi connectivity index (χ3v) is 4.65. The fourth-order valence-electron chi connectivity index (χ4n) is 2.50. The average molecular weight is 338 g/mol. The Bertz CT molecular complexity index is 627. The lowest BCUT2D eigenvalue weighted by atomic mass is 10.1. The average Bonchev–Trinajstić information content (AvgIpc) is 3.03. The van der Waals surface area contributed by atoms with Crippen LogP contribution < -0.4 is 4.74 Å². The number of piperidine rings is 1. The molecule has 116 valence electrons. The standard InChI is InChI=1S/C15H16ClN3O2S/c16-13-4-2-1-3-11(13)9-14(20)19-7-5-12(6-8-19)21-15-18-17-10-22-15/h1-4,10,12H,5-9H2. The first-order chi connectivity index (χ1) is 10.7. The van der Waals surface area contributed by atoms with Gasteiger partial charge in [0.25, 0.3) is 5.19 Å². The van der Waals surface area contributed by atoms with Crippen molar-refractivity contribution in [3.05, 3.63) is 40.4 Å². The first kappa shape index (κ1) is 15.2. The Morgan fingerprint density at radius 3 is 2.82 bits per heavy atom. The van der Waals surface area contributed by atoms with Gasteiger partial charge in [-0.2, -0.15) is 0 Å². The normalized spacial score (nSPS) is 15.8. The molecule has 1 fully saturated rings. The van der Waals surface area contributed by atoms with Crippen LogP contribution in [0.3, 0.4) is 0 Å². The van der Waals surface area contributed by atoms with Crippen molar-refractivity contribution in [1.82, 2.24) is 15.1 Å². The van der Waals surface area contributed by atoms with Gasteiger partial charge in [-0.3, -0.25) is 4.79 Å². The van der Waals surface area contributed by atoms with E-state index in [4.69, 9.17) is 16.3 Å². The summed E-state index contributed by atoms with van der Waals surface area (Å²) in [4.78, 5) is 14.2. The first-order valence-electron chi connectivity index (χ1n) is 7.16. The monoisotopic (exact) mass is 337 g/mol. The number of hydrogen-bond donors (Lipinski definition) is 0.